The molecule has 0 aromatic heterocycles. The summed E-state index contributed by atoms with van der Waals surface area (Å²) >= 11 is 0. The third kappa shape index (κ3) is 8.77. The quantitative estimate of drug-likeness (QED) is 0.197. The van der Waals surface area contributed by atoms with Crippen LogP contribution >= 0.6 is 0 Å². The van der Waals surface area contributed by atoms with Crippen molar-refractivity contribution in [1.29, 1.82) is 0 Å². The smallest absolute Gasteiger partial charge is 0.247 e. The predicted molar refractivity (Wildman–Crippen MR) is 169 cm³/mol. The number of carbonyl (C=O) groups excluding carboxylic acids is 2. The predicted octanol–water partition coefficient (Wildman–Crippen LogP) is 5.29. The monoisotopic (exact) mass is 629 g/mol. The Bertz CT molecular complexity index is 1690. The largest absolute Gasteiger partial charge is 0.497 e. The van der Waals surface area contributed by atoms with E-state index in [1.54, 1.807) is 55.6 Å². The molecule has 4 aromatic rings. The van der Waals surface area contributed by atoms with Gasteiger partial charge in [0.25, 0.3) is 0 Å². The highest BCUT2D eigenvalue weighted by Crippen LogP contribution is 2.26. The molecule has 0 aliphatic heterocycles. The summed E-state index contributed by atoms with van der Waals surface area (Å²) in [6, 6.07) is 27.8. The lowest BCUT2D eigenvalue weighted by Crippen LogP contribution is -2.43. The molecule has 234 valence electrons. The summed E-state index contributed by atoms with van der Waals surface area (Å²) < 4.78 is 46.7. The molecular weight excluding hydrogens is 593 g/mol. The number of sulfonamides is 1. The molecule has 0 unspecified atom stereocenters. The summed E-state index contributed by atoms with van der Waals surface area (Å²) in [6.07, 6.45) is 2.10. The van der Waals surface area contributed by atoms with Gasteiger partial charge in [0, 0.05) is 25.6 Å². The zero-order valence-corrected chi connectivity index (χ0v) is 25.8. The summed E-state index contributed by atoms with van der Waals surface area (Å²) in [5.74, 6) is -0.328. The third-order valence-electron chi connectivity index (χ3n) is 7.65. The minimum Gasteiger partial charge on any atom is -0.497 e. The second-order valence-electron chi connectivity index (χ2n) is 11.1. The van der Waals surface area contributed by atoms with Gasteiger partial charge in [-0.05, 0) is 77.9 Å². The Kier molecular flexibility index (Phi) is 10.3. The molecule has 45 heavy (non-hydrogen) atoms. The van der Waals surface area contributed by atoms with E-state index in [1.807, 2.05) is 42.5 Å². The van der Waals surface area contributed by atoms with Crippen LogP contribution in [0.2, 0.25) is 0 Å². The van der Waals surface area contributed by atoms with Gasteiger partial charge >= 0.3 is 0 Å². The van der Waals surface area contributed by atoms with E-state index in [0.717, 1.165) is 24.0 Å². The lowest BCUT2D eigenvalue weighted by molar-refractivity contribution is -0.141. The molecule has 2 N–H and O–H groups in total. The molecule has 2 amide bonds. The summed E-state index contributed by atoms with van der Waals surface area (Å²) in [4.78, 5) is 29.5. The number of amides is 2. The van der Waals surface area contributed by atoms with Gasteiger partial charge in [0.1, 0.15) is 17.6 Å². The Morgan fingerprint density at radius 2 is 1.49 bits per heavy atom. The molecule has 1 saturated carbocycles. The van der Waals surface area contributed by atoms with Crippen molar-refractivity contribution in [3.8, 4) is 5.75 Å². The molecule has 1 atom stereocenters. The number of ether oxygens (including phenoxy) is 1. The molecule has 1 aliphatic rings. The zero-order chi connectivity index (χ0) is 31.8. The topological polar surface area (TPSA) is 105 Å². The van der Waals surface area contributed by atoms with Crippen molar-refractivity contribution in [2.45, 2.75) is 55.8 Å². The lowest BCUT2D eigenvalue weighted by atomic mass is 10.0. The van der Waals surface area contributed by atoms with E-state index in [-0.39, 0.29) is 42.3 Å². The molecule has 0 heterocycles. The Balaban J connectivity index is 1.36. The van der Waals surface area contributed by atoms with Crippen LogP contribution in [0.1, 0.15) is 47.6 Å². The Hall–Kier alpha value is -4.54. The highest BCUT2D eigenvalue weighted by Gasteiger charge is 2.32. The highest BCUT2D eigenvalue weighted by molar-refractivity contribution is 7.89. The van der Waals surface area contributed by atoms with E-state index in [2.05, 4.69) is 10.0 Å². The van der Waals surface area contributed by atoms with Gasteiger partial charge in [0.15, 0.2) is 0 Å². The van der Waals surface area contributed by atoms with Crippen molar-refractivity contribution in [2.75, 3.05) is 7.11 Å². The Labute approximate surface area is 263 Å². The maximum Gasteiger partial charge on any atom is 0.247 e. The number of methoxy groups -OCH3 is 1. The van der Waals surface area contributed by atoms with Crippen molar-refractivity contribution < 1.29 is 27.1 Å². The van der Waals surface area contributed by atoms with Crippen LogP contribution in [0, 0.1) is 5.82 Å². The van der Waals surface area contributed by atoms with Crippen LogP contribution in [-0.2, 0) is 39.1 Å². The highest BCUT2D eigenvalue weighted by atomic mass is 32.2. The number of nitrogens with one attached hydrogen (secondary N) is 2. The fourth-order valence-corrected chi connectivity index (χ4v) is 6.27. The number of aryl methyl sites for hydroxylation is 1. The van der Waals surface area contributed by atoms with E-state index < -0.39 is 21.9 Å². The standard InChI is InChI=1S/C35H36FN3O5S/c1-44-31-18-9-26(10-19-31)23-37-35(41)34(28-5-3-2-4-6-28)39(24-27-7-14-29(36)15-8-27)33(40)22-13-25-11-20-32(21-12-25)45(42,43)38-30-16-17-30/h2-12,14-15,18-21,30,34,38H,13,16-17,22-24H2,1H3,(H,37,41)/t34-/m1/s1. The Morgan fingerprint density at radius 3 is 2.11 bits per heavy atom. The minimum atomic E-state index is -3.58. The van der Waals surface area contributed by atoms with Gasteiger partial charge in [0.2, 0.25) is 21.8 Å². The van der Waals surface area contributed by atoms with E-state index in [9.17, 15) is 22.4 Å². The van der Waals surface area contributed by atoms with Gasteiger partial charge in [0.05, 0.1) is 12.0 Å². The van der Waals surface area contributed by atoms with E-state index in [0.29, 0.717) is 23.3 Å². The van der Waals surface area contributed by atoms with Gasteiger partial charge < -0.3 is 15.0 Å². The van der Waals surface area contributed by atoms with Crippen LogP contribution in [-0.4, -0.2) is 38.3 Å². The van der Waals surface area contributed by atoms with Crippen molar-refractivity contribution >= 4 is 21.8 Å². The van der Waals surface area contributed by atoms with Gasteiger partial charge in [-0.3, -0.25) is 9.59 Å². The fourth-order valence-electron chi connectivity index (χ4n) is 4.97. The molecule has 0 bridgehead atoms. The fraction of sp³-hybridized carbons (Fsp3) is 0.257. The normalized spacial score (nSPS) is 13.6. The van der Waals surface area contributed by atoms with Crippen molar-refractivity contribution in [3.63, 3.8) is 0 Å². The molecule has 0 radical (unpaired) electrons. The number of rotatable bonds is 14. The number of hydrogen-bond donors (Lipinski definition) is 2. The summed E-state index contributed by atoms with van der Waals surface area (Å²) in [5, 5.41) is 2.98. The second kappa shape index (κ2) is 14.5. The zero-order valence-electron chi connectivity index (χ0n) is 25.0. The van der Waals surface area contributed by atoms with Gasteiger partial charge in [-0.2, -0.15) is 0 Å². The van der Waals surface area contributed by atoms with Crippen LogP contribution < -0.4 is 14.8 Å². The number of nitrogens with zero attached hydrogens (tertiary/aromatic N) is 1. The molecule has 10 heteroatoms. The Morgan fingerprint density at radius 1 is 0.867 bits per heavy atom. The molecule has 0 saturated heterocycles. The van der Waals surface area contributed by atoms with E-state index in [1.165, 1.54) is 17.0 Å². The first-order valence-electron chi connectivity index (χ1n) is 14.8. The molecule has 8 nitrogen and oxygen atoms in total. The second-order valence-corrected chi connectivity index (χ2v) is 12.8. The van der Waals surface area contributed by atoms with E-state index in [4.69, 9.17) is 4.74 Å². The lowest BCUT2D eigenvalue weighted by Gasteiger charge is -2.32. The molecule has 4 aromatic carbocycles. The number of benzene rings is 4. The van der Waals surface area contributed by atoms with Gasteiger partial charge in [-0.25, -0.2) is 17.5 Å². The summed E-state index contributed by atoms with van der Waals surface area (Å²) in [5.41, 5.74) is 2.96. The number of halogens is 1. The maximum atomic E-state index is 14.0. The molecule has 1 aliphatic carbocycles. The van der Waals surface area contributed by atoms with Crippen molar-refractivity contribution in [2.24, 2.45) is 0 Å². The number of hydrogen-bond acceptors (Lipinski definition) is 5. The van der Waals surface area contributed by atoms with Crippen LogP contribution in [0.4, 0.5) is 4.39 Å². The molecule has 1 fully saturated rings. The van der Waals surface area contributed by atoms with Crippen LogP contribution in [0.3, 0.4) is 0 Å². The molecule has 5 rings (SSSR count). The molecule has 0 spiro atoms. The molecular formula is C35H36FN3O5S. The van der Waals surface area contributed by atoms with Gasteiger partial charge in [-0.15, -0.1) is 0 Å². The SMILES string of the molecule is COc1ccc(CNC(=O)[C@@H](c2ccccc2)N(Cc2ccc(F)cc2)C(=O)CCc2ccc(S(=O)(=O)NC3CC3)cc2)cc1. The maximum absolute atomic E-state index is 14.0. The minimum absolute atomic E-state index is 0.00496. The first kappa shape index (κ1) is 31.9. The van der Waals surface area contributed by atoms with Crippen LogP contribution in [0.15, 0.2) is 108 Å². The van der Waals surface area contributed by atoms with E-state index >= 15 is 0 Å². The third-order valence-corrected chi connectivity index (χ3v) is 9.18. The van der Waals surface area contributed by atoms with Crippen LogP contribution in [0.25, 0.3) is 0 Å². The summed E-state index contributed by atoms with van der Waals surface area (Å²) in [6.45, 7) is 0.328. The number of carbonyl (C=O) groups is 2. The van der Waals surface area contributed by atoms with Gasteiger partial charge in [-0.1, -0.05) is 66.7 Å². The average Bonchev–Trinajstić information content (AvgIpc) is 3.87. The van der Waals surface area contributed by atoms with Crippen molar-refractivity contribution in [1.82, 2.24) is 14.9 Å². The average molecular weight is 630 g/mol. The van der Waals surface area contributed by atoms with Crippen molar-refractivity contribution in [3.05, 3.63) is 131 Å². The first-order chi connectivity index (χ1) is 21.7. The first-order valence-corrected chi connectivity index (χ1v) is 16.3. The van der Waals surface area contributed by atoms with Crippen LogP contribution in [0.5, 0.6) is 5.75 Å². The summed E-state index contributed by atoms with van der Waals surface area (Å²) in [7, 11) is -2.00.